The van der Waals surface area contributed by atoms with Crippen molar-refractivity contribution in [1.82, 2.24) is 4.90 Å². The van der Waals surface area contributed by atoms with Crippen molar-refractivity contribution in [3.05, 3.63) is 0 Å². The Bertz CT molecular complexity index is 245. The Morgan fingerprint density at radius 2 is 2.00 bits per heavy atom. The van der Waals surface area contributed by atoms with Crippen LogP contribution >= 0.6 is 0 Å². The van der Waals surface area contributed by atoms with Crippen LogP contribution in [0.25, 0.3) is 0 Å². The van der Waals surface area contributed by atoms with Crippen LogP contribution in [0.15, 0.2) is 0 Å². The van der Waals surface area contributed by atoms with Gasteiger partial charge in [-0.15, -0.1) is 0 Å². The highest BCUT2D eigenvalue weighted by Gasteiger charge is 2.33. The van der Waals surface area contributed by atoms with Gasteiger partial charge in [-0.05, 0) is 51.5 Å². The minimum Gasteiger partial charge on any atom is -0.389 e. The van der Waals surface area contributed by atoms with Crippen LogP contribution in [0.1, 0.15) is 47.0 Å². The molecular formula is C14H30N2O. The summed E-state index contributed by atoms with van der Waals surface area (Å²) in [4.78, 5) is 2.21. The van der Waals surface area contributed by atoms with E-state index in [0.717, 1.165) is 13.0 Å². The minimum absolute atomic E-state index is 0.326. The molecule has 3 N–H and O–H groups in total. The van der Waals surface area contributed by atoms with E-state index in [0.29, 0.717) is 23.9 Å². The standard InChI is InChI=1S/C14H30N2O/c1-13(2)7-6-12(15)11(8-13)9-16(5)10-14(3,4)17/h11-12,17H,6-10,15H2,1-5H3. The number of rotatable bonds is 4. The first kappa shape index (κ1) is 14.9. The Labute approximate surface area is 106 Å². The smallest absolute Gasteiger partial charge is 0.0718 e. The molecule has 102 valence electrons. The lowest BCUT2D eigenvalue weighted by molar-refractivity contribution is 0.0315. The molecule has 0 aromatic carbocycles. The summed E-state index contributed by atoms with van der Waals surface area (Å²) < 4.78 is 0. The molecule has 1 rings (SSSR count). The van der Waals surface area contributed by atoms with Crippen molar-refractivity contribution in [2.24, 2.45) is 17.1 Å². The van der Waals surface area contributed by atoms with E-state index in [1.54, 1.807) is 0 Å². The van der Waals surface area contributed by atoms with Gasteiger partial charge in [-0.1, -0.05) is 13.8 Å². The lowest BCUT2D eigenvalue weighted by Crippen LogP contribution is -2.46. The molecule has 1 aliphatic rings. The molecule has 1 aliphatic carbocycles. The van der Waals surface area contributed by atoms with Crippen LogP contribution in [0.4, 0.5) is 0 Å². The second-order valence-corrected chi connectivity index (χ2v) is 7.34. The van der Waals surface area contributed by atoms with Crippen LogP contribution in [0.5, 0.6) is 0 Å². The molecule has 3 nitrogen and oxygen atoms in total. The average Bonchev–Trinajstić information content (AvgIpc) is 2.07. The molecular weight excluding hydrogens is 212 g/mol. The van der Waals surface area contributed by atoms with E-state index in [1.807, 2.05) is 13.8 Å². The van der Waals surface area contributed by atoms with Gasteiger partial charge in [0.25, 0.3) is 0 Å². The zero-order valence-corrected chi connectivity index (χ0v) is 12.2. The molecule has 1 saturated carbocycles. The Balaban J connectivity index is 2.49. The van der Waals surface area contributed by atoms with Crippen LogP contribution in [0.3, 0.4) is 0 Å². The molecule has 0 amide bonds. The summed E-state index contributed by atoms with van der Waals surface area (Å²) in [5.74, 6) is 0.561. The Hall–Kier alpha value is -0.120. The molecule has 1 fully saturated rings. The van der Waals surface area contributed by atoms with Crippen molar-refractivity contribution in [2.75, 3.05) is 20.1 Å². The Kier molecular flexibility index (Phi) is 4.61. The summed E-state index contributed by atoms with van der Waals surface area (Å²) in [7, 11) is 2.08. The Morgan fingerprint density at radius 3 is 2.53 bits per heavy atom. The van der Waals surface area contributed by atoms with Crippen LogP contribution in [-0.4, -0.2) is 41.8 Å². The zero-order valence-electron chi connectivity index (χ0n) is 12.2. The van der Waals surface area contributed by atoms with Crippen molar-refractivity contribution in [2.45, 2.75) is 58.6 Å². The van der Waals surface area contributed by atoms with Crippen molar-refractivity contribution in [3.63, 3.8) is 0 Å². The van der Waals surface area contributed by atoms with Gasteiger partial charge in [-0.2, -0.15) is 0 Å². The molecule has 17 heavy (non-hydrogen) atoms. The third-order valence-corrected chi connectivity index (χ3v) is 3.78. The molecule has 2 atom stereocenters. The van der Waals surface area contributed by atoms with Crippen LogP contribution in [0, 0.1) is 11.3 Å². The number of nitrogens with zero attached hydrogens (tertiary/aromatic N) is 1. The molecule has 2 unspecified atom stereocenters. The van der Waals surface area contributed by atoms with Gasteiger partial charge in [0.15, 0.2) is 0 Å². The first-order chi connectivity index (χ1) is 7.59. The first-order valence-corrected chi connectivity index (χ1v) is 6.76. The molecule has 0 radical (unpaired) electrons. The fourth-order valence-corrected chi connectivity index (χ4v) is 3.08. The third-order valence-electron chi connectivity index (χ3n) is 3.78. The van der Waals surface area contributed by atoms with E-state index in [2.05, 4.69) is 25.8 Å². The minimum atomic E-state index is -0.622. The molecule has 0 aromatic heterocycles. The Morgan fingerprint density at radius 1 is 1.41 bits per heavy atom. The lowest BCUT2D eigenvalue weighted by Gasteiger charge is -2.41. The van der Waals surface area contributed by atoms with E-state index in [1.165, 1.54) is 12.8 Å². The highest BCUT2D eigenvalue weighted by atomic mass is 16.3. The van der Waals surface area contributed by atoms with E-state index >= 15 is 0 Å². The maximum atomic E-state index is 9.81. The van der Waals surface area contributed by atoms with E-state index in [9.17, 15) is 5.11 Å². The predicted molar refractivity (Wildman–Crippen MR) is 72.9 cm³/mol. The summed E-state index contributed by atoms with van der Waals surface area (Å²) in [6.07, 6.45) is 3.57. The van der Waals surface area contributed by atoms with Gasteiger partial charge >= 0.3 is 0 Å². The van der Waals surface area contributed by atoms with Gasteiger partial charge < -0.3 is 15.7 Å². The molecule has 0 heterocycles. The molecule has 3 heteroatoms. The summed E-state index contributed by atoms with van der Waals surface area (Å²) in [5.41, 5.74) is 6.03. The quantitative estimate of drug-likeness (QED) is 0.791. The molecule has 0 aromatic rings. The highest BCUT2D eigenvalue weighted by molar-refractivity contribution is 4.88. The number of aliphatic hydroxyl groups is 1. The van der Waals surface area contributed by atoms with E-state index < -0.39 is 5.60 Å². The van der Waals surface area contributed by atoms with Gasteiger partial charge in [-0.3, -0.25) is 0 Å². The van der Waals surface area contributed by atoms with Crippen LogP contribution in [0.2, 0.25) is 0 Å². The van der Waals surface area contributed by atoms with Gasteiger partial charge in [0.05, 0.1) is 5.60 Å². The summed E-state index contributed by atoms with van der Waals surface area (Å²) in [5, 5.41) is 9.81. The molecule has 0 spiro atoms. The monoisotopic (exact) mass is 242 g/mol. The number of hydrogen-bond acceptors (Lipinski definition) is 3. The van der Waals surface area contributed by atoms with Gasteiger partial charge in [-0.25, -0.2) is 0 Å². The summed E-state index contributed by atoms with van der Waals surface area (Å²) in [6, 6.07) is 0.326. The number of hydrogen-bond donors (Lipinski definition) is 2. The second-order valence-electron chi connectivity index (χ2n) is 7.34. The van der Waals surface area contributed by atoms with E-state index in [-0.39, 0.29) is 0 Å². The van der Waals surface area contributed by atoms with E-state index in [4.69, 9.17) is 5.73 Å². The fraction of sp³-hybridized carbons (Fsp3) is 1.00. The largest absolute Gasteiger partial charge is 0.389 e. The first-order valence-electron chi connectivity index (χ1n) is 6.76. The molecule has 0 aliphatic heterocycles. The lowest BCUT2D eigenvalue weighted by atomic mass is 9.70. The summed E-state index contributed by atoms with van der Waals surface area (Å²) in [6.45, 7) is 10.1. The normalized spacial score (nSPS) is 29.6. The number of nitrogens with two attached hydrogens (primary N) is 1. The third kappa shape index (κ3) is 5.36. The zero-order chi connectivity index (χ0) is 13.3. The van der Waals surface area contributed by atoms with Crippen LogP contribution < -0.4 is 5.73 Å². The second kappa shape index (κ2) is 5.25. The average molecular weight is 242 g/mol. The van der Waals surface area contributed by atoms with Crippen molar-refractivity contribution < 1.29 is 5.11 Å². The topological polar surface area (TPSA) is 49.5 Å². The van der Waals surface area contributed by atoms with Crippen molar-refractivity contribution >= 4 is 0 Å². The molecule has 0 saturated heterocycles. The molecule has 0 bridgehead atoms. The predicted octanol–water partition coefficient (Wildman–Crippen LogP) is 1.84. The van der Waals surface area contributed by atoms with Gasteiger partial charge in [0.1, 0.15) is 0 Å². The van der Waals surface area contributed by atoms with Crippen LogP contribution in [-0.2, 0) is 0 Å². The maximum absolute atomic E-state index is 9.81. The van der Waals surface area contributed by atoms with Crippen molar-refractivity contribution in [1.29, 1.82) is 0 Å². The highest BCUT2D eigenvalue weighted by Crippen LogP contribution is 2.38. The SMILES string of the molecule is CN(CC1CC(C)(C)CCC1N)CC(C)(C)O. The number of likely N-dealkylation sites (N-methyl/N-ethyl adjacent to an activating group) is 1. The fourth-order valence-electron chi connectivity index (χ4n) is 3.08. The maximum Gasteiger partial charge on any atom is 0.0718 e. The van der Waals surface area contributed by atoms with Gasteiger partial charge in [0.2, 0.25) is 0 Å². The van der Waals surface area contributed by atoms with Gasteiger partial charge in [0, 0.05) is 19.1 Å². The summed E-state index contributed by atoms with van der Waals surface area (Å²) >= 11 is 0. The van der Waals surface area contributed by atoms with Crippen molar-refractivity contribution in [3.8, 4) is 0 Å².